The van der Waals surface area contributed by atoms with Crippen molar-refractivity contribution in [2.75, 3.05) is 43.5 Å². The Labute approximate surface area is 214 Å². The summed E-state index contributed by atoms with van der Waals surface area (Å²) in [4.78, 5) is 26.1. The lowest BCUT2D eigenvalue weighted by Gasteiger charge is -2.26. The maximum absolute atomic E-state index is 13.1. The van der Waals surface area contributed by atoms with Crippen molar-refractivity contribution in [2.24, 2.45) is 0 Å². The Bertz CT molecular complexity index is 1540. The topological polar surface area (TPSA) is 118 Å². The Kier molecular flexibility index (Phi) is 7.04. The second-order valence-corrected chi connectivity index (χ2v) is 10.4. The molecule has 2 N–H and O–H groups in total. The second-order valence-electron chi connectivity index (χ2n) is 8.44. The van der Waals surface area contributed by atoms with Crippen molar-refractivity contribution in [2.45, 2.75) is 4.90 Å². The molecule has 0 spiro atoms. The van der Waals surface area contributed by atoms with E-state index in [1.165, 1.54) is 16.4 Å². The molecule has 1 aliphatic rings. The fraction of sp³-hybridized carbons (Fsp3) is 0.185. The fourth-order valence-electron chi connectivity index (χ4n) is 4.13. The number of hydrogen-bond donors (Lipinski definition) is 2. The molecule has 1 amide bonds. The molecule has 37 heavy (non-hydrogen) atoms. The third kappa shape index (κ3) is 5.26. The number of ketones is 1. The molecule has 10 heteroatoms. The summed E-state index contributed by atoms with van der Waals surface area (Å²) in [6, 6.07) is 22.1. The smallest absolute Gasteiger partial charge is 0.293 e. The van der Waals surface area contributed by atoms with E-state index in [0.29, 0.717) is 35.6 Å². The minimum Gasteiger partial charge on any atom is -0.449 e. The molecule has 190 valence electrons. The Morgan fingerprint density at radius 3 is 2.41 bits per heavy atom. The first kappa shape index (κ1) is 24.7. The molecule has 0 atom stereocenters. The molecule has 5 rings (SSSR count). The van der Waals surface area contributed by atoms with Crippen LogP contribution in [0.5, 0.6) is 0 Å². The predicted molar refractivity (Wildman–Crippen MR) is 139 cm³/mol. The van der Waals surface area contributed by atoms with E-state index in [1.54, 1.807) is 54.6 Å². The first-order valence-electron chi connectivity index (χ1n) is 11.8. The molecule has 4 aromatic rings. The quantitative estimate of drug-likeness (QED) is 0.338. The van der Waals surface area contributed by atoms with Crippen molar-refractivity contribution in [3.05, 3.63) is 90.2 Å². The maximum Gasteiger partial charge on any atom is 0.293 e. The molecular weight excluding hydrogens is 494 g/mol. The summed E-state index contributed by atoms with van der Waals surface area (Å²) in [6.45, 7) is 1.03. The molecule has 3 aromatic carbocycles. The van der Waals surface area contributed by atoms with Crippen LogP contribution in [0.4, 0.5) is 11.4 Å². The van der Waals surface area contributed by atoms with E-state index in [9.17, 15) is 18.0 Å². The van der Waals surface area contributed by atoms with Gasteiger partial charge in [-0.25, -0.2) is 8.42 Å². The van der Waals surface area contributed by atoms with Gasteiger partial charge in [0.1, 0.15) is 5.58 Å². The van der Waals surface area contributed by atoms with E-state index in [-0.39, 0.29) is 41.6 Å². The van der Waals surface area contributed by atoms with E-state index in [4.69, 9.17) is 9.15 Å². The number of para-hydroxylation sites is 2. The van der Waals surface area contributed by atoms with Gasteiger partial charge in [0.25, 0.3) is 5.91 Å². The lowest BCUT2D eigenvalue weighted by molar-refractivity contribution is 0.0730. The highest BCUT2D eigenvalue weighted by Crippen LogP contribution is 2.31. The number of nitrogens with zero attached hydrogens (tertiary/aromatic N) is 1. The van der Waals surface area contributed by atoms with Crippen LogP contribution in [0.2, 0.25) is 0 Å². The van der Waals surface area contributed by atoms with Crippen LogP contribution in [0, 0.1) is 0 Å². The number of ether oxygens (including phenoxy) is 1. The van der Waals surface area contributed by atoms with Gasteiger partial charge < -0.3 is 19.8 Å². The van der Waals surface area contributed by atoms with Gasteiger partial charge in [0.2, 0.25) is 15.8 Å². The minimum atomic E-state index is -3.74. The van der Waals surface area contributed by atoms with Crippen molar-refractivity contribution in [3.63, 3.8) is 0 Å². The Morgan fingerprint density at radius 1 is 0.892 bits per heavy atom. The third-order valence-electron chi connectivity index (χ3n) is 6.02. The van der Waals surface area contributed by atoms with Crippen molar-refractivity contribution in [3.8, 4) is 0 Å². The molecule has 0 radical (unpaired) electrons. The SMILES string of the molecule is O=C(CNc1c(C(=O)Nc2ccccc2)oc2ccccc12)c1cccc(S(=O)(=O)N2CCOCC2)c1. The van der Waals surface area contributed by atoms with Crippen LogP contribution in [0.25, 0.3) is 11.0 Å². The summed E-state index contributed by atoms with van der Waals surface area (Å²) < 4.78 is 38.4. The first-order chi connectivity index (χ1) is 17.9. The van der Waals surface area contributed by atoms with Crippen LogP contribution in [-0.4, -0.2) is 57.3 Å². The molecule has 0 aliphatic carbocycles. The van der Waals surface area contributed by atoms with Gasteiger partial charge in [0.15, 0.2) is 5.78 Å². The van der Waals surface area contributed by atoms with Gasteiger partial charge in [-0.15, -0.1) is 0 Å². The zero-order valence-electron chi connectivity index (χ0n) is 19.8. The molecule has 9 nitrogen and oxygen atoms in total. The lowest BCUT2D eigenvalue weighted by atomic mass is 10.1. The average Bonchev–Trinajstić information content (AvgIpc) is 3.31. The van der Waals surface area contributed by atoms with Gasteiger partial charge in [-0.3, -0.25) is 9.59 Å². The monoisotopic (exact) mass is 519 g/mol. The van der Waals surface area contributed by atoms with Gasteiger partial charge >= 0.3 is 0 Å². The number of hydrogen-bond acceptors (Lipinski definition) is 7. The third-order valence-corrected chi connectivity index (χ3v) is 7.92. The minimum absolute atomic E-state index is 0.0431. The number of anilines is 2. The Morgan fingerprint density at radius 2 is 1.62 bits per heavy atom. The zero-order valence-corrected chi connectivity index (χ0v) is 20.7. The number of carbonyl (C=O) groups excluding carboxylic acids is 2. The number of fused-ring (bicyclic) bond motifs is 1. The average molecular weight is 520 g/mol. The maximum atomic E-state index is 13.1. The Balaban J connectivity index is 1.37. The molecule has 0 saturated carbocycles. The molecular formula is C27H25N3O6S. The van der Waals surface area contributed by atoms with Crippen LogP contribution < -0.4 is 10.6 Å². The molecule has 1 saturated heterocycles. The first-order valence-corrected chi connectivity index (χ1v) is 13.2. The highest BCUT2D eigenvalue weighted by molar-refractivity contribution is 7.89. The van der Waals surface area contributed by atoms with Crippen molar-refractivity contribution in [1.82, 2.24) is 4.31 Å². The van der Waals surface area contributed by atoms with E-state index in [1.807, 2.05) is 12.1 Å². The number of benzene rings is 3. The summed E-state index contributed by atoms with van der Waals surface area (Å²) >= 11 is 0. The molecule has 0 unspecified atom stereocenters. The number of amides is 1. The summed E-state index contributed by atoms with van der Waals surface area (Å²) in [5.41, 5.74) is 1.72. The number of rotatable bonds is 8. The number of morpholine rings is 1. The molecule has 1 fully saturated rings. The number of Topliss-reactive ketones (excluding diaryl/α,β-unsaturated/α-hetero) is 1. The highest BCUT2D eigenvalue weighted by Gasteiger charge is 2.27. The molecule has 1 aliphatic heterocycles. The normalized spacial score (nSPS) is 14.4. The van der Waals surface area contributed by atoms with Gasteiger partial charge in [-0.05, 0) is 36.4 Å². The lowest BCUT2D eigenvalue weighted by Crippen LogP contribution is -2.40. The van der Waals surface area contributed by atoms with E-state index in [0.717, 1.165) is 0 Å². The van der Waals surface area contributed by atoms with E-state index in [2.05, 4.69) is 10.6 Å². The van der Waals surface area contributed by atoms with Gasteiger partial charge in [0.05, 0.1) is 30.3 Å². The van der Waals surface area contributed by atoms with Crippen LogP contribution >= 0.6 is 0 Å². The summed E-state index contributed by atoms with van der Waals surface area (Å²) in [7, 11) is -3.74. The van der Waals surface area contributed by atoms with Gasteiger partial charge in [-0.2, -0.15) is 4.31 Å². The van der Waals surface area contributed by atoms with Crippen LogP contribution in [-0.2, 0) is 14.8 Å². The second kappa shape index (κ2) is 10.6. The highest BCUT2D eigenvalue weighted by atomic mass is 32.2. The van der Waals surface area contributed by atoms with Crippen LogP contribution in [0.3, 0.4) is 0 Å². The largest absolute Gasteiger partial charge is 0.449 e. The van der Waals surface area contributed by atoms with Gasteiger partial charge in [-0.1, -0.05) is 42.5 Å². The summed E-state index contributed by atoms with van der Waals surface area (Å²) in [5.74, 6) is -0.754. The predicted octanol–water partition coefficient (Wildman–Crippen LogP) is 4.00. The zero-order chi connectivity index (χ0) is 25.8. The fourth-order valence-corrected chi connectivity index (χ4v) is 5.58. The Hall–Kier alpha value is -3.99. The van der Waals surface area contributed by atoms with E-state index >= 15 is 0 Å². The van der Waals surface area contributed by atoms with Crippen molar-refractivity contribution in [1.29, 1.82) is 0 Å². The number of furan rings is 1. The molecule has 2 heterocycles. The summed E-state index contributed by atoms with van der Waals surface area (Å²) in [6.07, 6.45) is 0. The van der Waals surface area contributed by atoms with Crippen LogP contribution in [0.1, 0.15) is 20.9 Å². The summed E-state index contributed by atoms with van der Waals surface area (Å²) in [5, 5.41) is 6.49. The van der Waals surface area contributed by atoms with E-state index < -0.39 is 15.9 Å². The van der Waals surface area contributed by atoms with Crippen molar-refractivity contribution < 1.29 is 27.2 Å². The number of carbonyl (C=O) groups is 2. The number of nitrogens with one attached hydrogen (secondary N) is 2. The standard InChI is InChI=1S/C27H25N3O6S/c31-23(19-7-6-10-21(17-19)37(33,34)30-13-15-35-16-14-30)18-28-25-22-11-4-5-12-24(22)36-26(25)27(32)29-20-8-2-1-3-9-20/h1-12,17,28H,13-16,18H2,(H,29,32). The molecule has 0 bridgehead atoms. The van der Waals surface area contributed by atoms with Crippen molar-refractivity contribution >= 4 is 44.1 Å². The number of sulfonamides is 1. The van der Waals surface area contributed by atoms with Crippen LogP contribution in [0.15, 0.2) is 88.2 Å². The molecule has 1 aromatic heterocycles. The van der Waals surface area contributed by atoms with Gasteiger partial charge in [0, 0.05) is 29.7 Å².